The van der Waals surface area contributed by atoms with Gasteiger partial charge >= 0.3 is 0 Å². The van der Waals surface area contributed by atoms with Crippen molar-refractivity contribution in [2.75, 3.05) is 0 Å². The zero-order valence-corrected chi connectivity index (χ0v) is 28.7. The lowest BCUT2D eigenvalue weighted by atomic mass is 9.94. The summed E-state index contributed by atoms with van der Waals surface area (Å²) in [4.78, 5) is 10.8. The Morgan fingerprint density at radius 2 is 0.887 bits per heavy atom. The van der Waals surface area contributed by atoms with Crippen LogP contribution in [-0.4, -0.2) is 14.5 Å². The lowest BCUT2D eigenvalue weighted by Crippen LogP contribution is -2.03. The molecule has 53 heavy (non-hydrogen) atoms. The molecule has 0 radical (unpaired) electrons. The van der Waals surface area contributed by atoms with Crippen LogP contribution in [0.15, 0.2) is 188 Å². The summed E-state index contributed by atoms with van der Waals surface area (Å²) < 4.78 is 2.25. The second-order valence-electron chi connectivity index (χ2n) is 13.8. The molecule has 0 spiro atoms. The summed E-state index contributed by atoms with van der Waals surface area (Å²) >= 11 is 0. The zero-order valence-electron chi connectivity index (χ0n) is 28.7. The van der Waals surface area contributed by atoms with Crippen LogP contribution in [0.1, 0.15) is 0 Å². The fourth-order valence-corrected chi connectivity index (χ4v) is 8.24. The average molecular weight is 674 g/mol. The number of benzene rings is 9. The van der Waals surface area contributed by atoms with Crippen LogP contribution in [0.25, 0.3) is 104 Å². The number of para-hydroxylation sites is 2. The van der Waals surface area contributed by atoms with Gasteiger partial charge in [-0.05, 0) is 97.0 Å². The summed E-state index contributed by atoms with van der Waals surface area (Å²) in [5.74, 6) is 0.655. The molecule has 11 aromatic rings. The quantitative estimate of drug-likeness (QED) is 0.174. The first-order chi connectivity index (χ1) is 26.3. The maximum atomic E-state index is 5.50. The van der Waals surface area contributed by atoms with Crippen LogP contribution < -0.4 is 0 Å². The molecular formula is C50H31N3. The molecule has 0 aliphatic heterocycles. The van der Waals surface area contributed by atoms with Crippen molar-refractivity contribution < 1.29 is 0 Å². The Kier molecular flexibility index (Phi) is 6.55. The molecule has 9 aromatic carbocycles. The minimum Gasteiger partial charge on any atom is -0.278 e. The van der Waals surface area contributed by atoms with Crippen LogP contribution >= 0.6 is 0 Å². The highest BCUT2D eigenvalue weighted by molar-refractivity contribution is 6.22. The number of rotatable bonds is 4. The Labute approximate surface area is 306 Å². The van der Waals surface area contributed by atoms with Gasteiger partial charge in [-0.3, -0.25) is 4.57 Å². The molecule has 0 amide bonds. The van der Waals surface area contributed by atoms with Crippen molar-refractivity contribution in [3.05, 3.63) is 188 Å². The summed E-state index contributed by atoms with van der Waals surface area (Å²) in [5, 5.41) is 10.9. The number of hydrogen-bond acceptors (Lipinski definition) is 2. The summed E-state index contributed by atoms with van der Waals surface area (Å²) in [7, 11) is 0. The zero-order chi connectivity index (χ0) is 34.9. The van der Waals surface area contributed by atoms with E-state index in [2.05, 4.69) is 193 Å². The summed E-state index contributed by atoms with van der Waals surface area (Å²) in [5.41, 5.74) is 9.66. The van der Waals surface area contributed by atoms with Crippen LogP contribution in [0.3, 0.4) is 0 Å². The van der Waals surface area contributed by atoms with E-state index in [9.17, 15) is 0 Å². The topological polar surface area (TPSA) is 30.7 Å². The van der Waals surface area contributed by atoms with E-state index in [1.54, 1.807) is 0 Å². The Morgan fingerprint density at radius 1 is 0.302 bits per heavy atom. The first kappa shape index (κ1) is 29.6. The predicted molar refractivity (Wildman–Crippen MR) is 223 cm³/mol. The van der Waals surface area contributed by atoms with Gasteiger partial charge in [0.15, 0.2) is 0 Å². The van der Waals surface area contributed by atoms with Crippen LogP contribution in [-0.2, 0) is 0 Å². The Hall–Kier alpha value is -7.10. The minimum absolute atomic E-state index is 0.655. The number of fused-ring (bicyclic) bond motifs is 9. The summed E-state index contributed by atoms with van der Waals surface area (Å²) in [6.45, 7) is 0. The van der Waals surface area contributed by atoms with E-state index in [0.717, 1.165) is 44.3 Å². The minimum atomic E-state index is 0.655. The van der Waals surface area contributed by atoms with Gasteiger partial charge in [-0.25, -0.2) is 9.97 Å². The molecule has 2 heterocycles. The van der Waals surface area contributed by atoms with Gasteiger partial charge in [0.1, 0.15) is 0 Å². The molecule has 0 saturated heterocycles. The Balaban J connectivity index is 1.19. The van der Waals surface area contributed by atoms with Crippen molar-refractivity contribution in [1.29, 1.82) is 0 Å². The largest absolute Gasteiger partial charge is 0.278 e. The Bertz CT molecular complexity index is 3160. The van der Waals surface area contributed by atoms with Crippen molar-refractivity contribution in [3.63, 3.8) is 0 Å². The van der Waals surface area contributed by atoms with Crippen LogP contribution in [0.4, 0.5) is 0 Å². The lowest BCUT2D eigenvalue weighted by molar-refractivity contribution is 1.01. The molecule has 3 heteroatoms. The van der Waals surface area contributed by atoms with Crippen molar-refractivity contribution in [3.8, 4) is 39.5 Å². The maximum Gasteiger partial charge on any atom is 0.235 e. The SMILES string of the molecule is c1ccc(-c2cc(-c3ccccc3)cc(-c3nc(-n4c5ccccc5c5cc6c(ccc7c8ccccc8ccc67)cc54)nc4ccccc34)c2)cc1. The summed E-state index contributed by atoms with van der Waals surface area (Å²) in [6, 6.07) is 67.4. The first-order valence-corrected chi connectivity index (χ1v) is 18.1. The molecular weight excluding hydrogens is 643 g/mol. The molecule has 0 unspecified atom stereocenters. The monoisotopic (exact) mass is 673 g/mol. The molecule has 3 nitrogen and oxygen atoms in total. The van der Waals surface area contributed by atoms with Crippen LogP contribution in [0.2, 0.25) is 0 Å². The fourth-order valence-electron chi connectivity index (χ4n) is 8.24. The smallest absolute Gasteiger partial charge is 0.235 e. The molecule has 0 fully saturated rings. The molecule has 0 atom stereocenters. The van der Waals surface area contributed by atoms with E-state index < -0.39 is 0 Å². The highest BCUT2D eigenvalue weighted by Gasteiger charge is 2.19. The highest BCUT2D eigenvalue weighted by Crippen LogP contribution is 2.40. The van der Waals surface area contributed by atoms with Crippen molar-refractivity contribution in [1.82, 2.24) is 14.5 Å². The highest BCUT2D eigenvalue weighted by atomic mass is 15.2. The molecule has 246 valence electrons. The first-order valence-electron chi connectivity index (χ1n) is 18.1. The van der Waals surface area contributed by atoms with Gasteiger partial charge in [0.25, 0.3) is 0 Å². The molecule has 0 bridgehead atoms. The molecule has 11 rings (SSSR count). The predicted octanol–water partition coefficient (Wildman–Crippen LogP) is 13.2. The molecule has 2 aromatic heterocycles. The van der Waals surface area contributed by atoms with Gasteiger partial charge in [0.05, 0.1) is 22.2 Å². The Morgan fingerprint density at radius 3 is 1.64 bits per heavy atom. The van der Waals surface area contributed by atoms with Gasteiger partial charge in [-0.15, -0.1) is 0 Å². The second kappa shape index (κ2) is 11.7. The van der Waals surface area contributed by atoms with E-state index in [1.807, 2.05) is 0 Å². The van der Waals surface area contributed by atoms with E-state index in [0.29, 0.717) is 5.95 Å². The van der Waals surface area contributed by atoms with Crippen LogP contribution in [0, 0.1) is 0 Å². The number of hydrogen-bond donors (Lipinski definition) is 0. The van der Waals surface area contributed by atoms with Gasteiger partial charge in [-0.2, -0.15) is 0 Å². The van der Waals surface area contributed by atoms with Gasteiger partial charge in [0.2, 0.25) is 5.95 Å². The molecule has 0 aliphatic rings. The molecule has 0 saturated carbocycles. The third kappa shape index (κ3) is 4.75. The standard InChI is InChI=1S/C50H31N3/c1-3-13-32(14-4-1)36-27-37(33-15-5-2-6-16-33)29-38(28-36)49-43-20-9-11-21-46(43)51-50(52-49)53-47-22-12-10-19-42(47)45-31-44-35(30-48(45)53)24-26-40-39-18-8-7-17-34(39)23-25-41(40)44/h1-31H. The van der Waals surface area contributed by atoms with E-state index in [4.69, 9.17) is 9.97 Å². The number of nitrogens with zero attached hydrogens (tertiary/aromatic N) is 3. The van der Waals surface area contributed by atoms with Crippen LogP contribution in [0.5, 0.6) is 0 Å². The normalized spacial score (nSPS) is 11.8. The van der Waals surface area contributed by atoms with Gasteiger partial charge in [-0.1, -0.05) is 146 Å². The third-order valence-corrected chi connectivity index (χ3v) is 10.7. The molecule has 0 aliphatic carbocycles. The third-order valence-electron chi connectivity index (χ3n) is 10.7. The van der Waals surface area contributed by atoms with E-state index in [-0.39, 0.29) is 0 Å². The van der Waals surface area contributed by atoms with E-state index in [1.165, 1.54) is 54.2 Å². The van der Waals surface area contributed by atoms with E-state index >= 15 is 0 Å². The number of aromatic nitrogens is 3. The maximum absolute atomic E-state index is 5.50. The summed E-state index contributed by atoms with van der Waals surface area (Å²) in [6.07, 6.45) is 0. The molecule has 0 N–H and O–H groups in total. The van der Waals surface area contributed by atoms with Crippen molar-refractivity contribution >= 4 is 65.0 Å². The van der Waals surface area contributed by atoms with Crippen molar-refractivity contribution in [2.24, 2.45) is 0 Å². The fraction of sp³-hybridized carbons (Fsp3) is 0. The van der Waals surface area contributed by atoms with Gasteiger partial charge < -0.3 is 0 Å². The average Bonchev–Trinajstić information content (AvgIpc) is 3.56. The van der Waals surface area contributed by atoms with Crippen molar-refractivity contribution in [2.45, 2.75) is 0 Å². The lowest BCUT2D eigenvalue weighted by Gasteiger charge is -2.15. The second-order valence-corrected chi connectivity index (χ2v) is 13.8. The van der Waals surface area contributed by atoms with Gasteiger partial charge in [0, 0.05) is 21.7 Å².